The third-order valence-corrected chi connectivity index (χ3v) is 13.0. The Morgan fingerprint density at radius 2 is 0.758 bits per heavy atom. The molecule has 4 heteroatoms. The van der Waals surface area contributed by atoms with E-state index in [1.165, 1.54) is 55.6 Å². The summed E-state index contributed by atoms with van der Waals surface area (Å²) in [4.78, 5) is 16.2. The monoisotopic (exact) mass is 789 g/mol. The lowest BCUT2D eigenvalue weighted by Gasteiger charge is -2.35. The molecule has 0 bridgehead atoms. The van der Waals surface area contributed by atoms with Crippen molar-refractivity contribution in [2.24, 2.45) is 0 Å². The van der Waals surface area contributed by atoms with Crippen molar-refractivity contribution in [3.8, 4) is 78.7 Å². The van der Waals surface area contributed by atoms with Crippen molar-refractivity contribution in [1.82, 2.24) is 15.0 Å². The fourth-order valence-electron chi connectivity index (χ4n) is 10.4. The Morgan fingerprint density at radius 1 is 0.290 bits per heavy atom. The maximum absolute atomic E-state index is 6.39. The van der Waals surface area contributed by atoms with Crippen LogP contribution in [0.5, 0.6) is 0 Å². The molecule has 1 spiro atoms. The average Bonchev–Trinajstić information content (AvgIpc) is 3.85. The summed E-state index contributed by atoms with van der Waals surface area (Å²) in [5.41, 5.74) is 18.2. The number of aromatic nitrogens is 3. The molecule has 11 aromatic rings. The lowest BCUT2D eigenvalue weighted by molar-refractivity contribution is 0.669. The fraction of sp³-hybridized carbons (Fsp3) is 0.0172. The molecular weight excluding hydrogens is 755 g/mol. The molecule has 4 nitrogen and oxygen atoms in total. The lowest BCUT2D eigenvalue weighted by Crippen LogP contribution is -2.29. The zero-order chi connectivity index (χ0) is 40.8. The Kier molecular flexibility index (Phi) is 7.49. The molecule has 2 heterocycles. The van der Waals surface area contributed by atoms with E-state index in [1.807, 2.05) is 30.3 Å². The SMILES string of the molecule is c1ccc(-c2ccccc2-c2nc(-c3ccc4c(c3)C3(c5ccccc5-c5ccccc5-4)c4ccccc4-c4ccccc43)nc(-c3cccc4oc5ccccc5c34)n2)cc1. The molecule has 2 aromatic heterocycles. The fourth-order valence-corrected chi connectivity index (χ4v) is 10.4. The molecule has 288 valence electrons. The smallest absolute Gasteiger partial charge is 0.164 e. The summed E-state index contributed by atoms with van der Waals surface area (Å²) in [7, 11) is 0. The summed E-state index contributed by atoms with van der Waals surface area (Å²) < 4.78 is 6.39. The molecule has 13 rings (SSSR count). The molecule has 0 aliphatic heterocycles. The van der Waals surface area contributed by atoms with Gasteiger partial charge in [-0.15, -0.1) is 0 Å². The Morgan fingerprint density at radius 3 is 1.44 bits per heavy atom. The topological polar surface area (TPSA) is 51.8 Å². The molecule has 2 aliphatic rings. The number of rotatable bonds is 4. The van der Waals surface area contributed by atoms with Crippen LogP contribution in [0.3, 0.4) is 0 Å². The highest BCUT2D eigenvalue weighted by Gasteiger charge is 2.49. The molecule has 9 aromatic carbocycles. The van der Waals surface area contributed by atoms with Crippen LogP contribution in [0, 0.1) is 0 Å². The summed E-state index contributed by atoms with van der Waals surface area (Å²) in [6, 6.07) is 75.8. The molecule has 0 saturated heterocycles. The second-order valence-electron chi connectivity index (χ2n) is 16.2. The van der Waals surface area contributed by atoms with Gasteiger partial charge in [-0.3, -0.25) is 0 Å². The number of para-hydroxylation sites is 1. The summed E-state index contributed by atoms with van der Waals surface area (Å²) in [6.45, 7) is 0. The van der Waals surface area contributed by atoms with E-state index in [0.29, 0.717) is 17.5 Å². The molecule has 0 unspecified atom stereocenters. The first-order valence-electron chi connectivity index (χ1n) is 21.1. The van der Waals surface area contributed by atoms with Crippen LogP contribution in [0.25, 0.3) is 101 Å². The van der Waals surface area contributed by atoms with Crippen molar-refractivity contribution in [2.75, 3.05) is 0 Å². The van der Waals surface area contributed by atoms with Gasteiger partial charge in [-0.1, -0.05) is 194 Å². The van der Waals surface area contributed by atoms with E-state index < -0.39 is 5.41 Å². The van der Waals surface area contributed by atoms with Gasteiger partial charge in [-0.05, 0) is 85.0 Å². The number of fused-ring (bicyclic) bond motifs is 15. The normalized spacial score (nSPS) is 13.0. The van der Waals surface area contributed by atoms with Crippen molar-refractivity contribution in [2.45, 2.75) is 5.41 Å². The van der Waals surface area contributed by atoms with Crippen LogP contribution >= 0.6 is 0 Å². The minimum absolute atomic E-state index is 0.585. The number of hydrogen-bond acceptors (Lipinski definition) is 4. The van der Waals surface area contributed by atoms with Crippen LogP contribution in [-0.2, 0) is 5.41 Å². The molecule has 0 N–H and O–H groups in total. The second kappa shape index (κ2) is 13.4. The number of nitrogens with zero attached hydrogens (tertiary/aromatic N) is 3. The highest BCUT2D eigenvalue weighted by molar-refractivity contribution is 6.12. The Hall–Kier alpha value is -8.21. The van der Waals surface area contributed by atoms with Gasteiger partial charge in [0, 0.05) is 27.5 Å². The van der Waals surface area contributed by atoms with Crippen molar-refractivity contribution < 1.29 is 4.42 Å². The van der Waals surface area contributed by atoms with Crippen molar-refractivity contribution in [3.05, 3.63) is 235 Å². The van der Waals surface area contributed by atoms with Gasteiger partial charge in [0.15, 0.2) is 17.5 Å². The van der Waals surface area contributed by atoms with Gasteiger partial charge in [0.25, 0.3) is 0 Å². The predicted octanol–water partition coefficient (Wildman–Crippen LogP) is 14.4. The summed E-state index contributed by atoms with van der Waals surface area (Å²) >= 11 is 0. The largest absolute Gasteiger partial charge is 0.456 e. The van der Waals surface area contributed by atoms with Gasteiger partial charge in [0.05, 0.1) is 5.41 Å². The first-order valence-corrected chi connectivity index (χ1v) is 21.1. The lowest BCUT2D eigenvalue weighted by atomic mass is 9.65. The number of furan rings is 1. The number of hydrogen-bond donors (Lipinski definition) is 0. The maximum atomic E-state index is 6.39. The van der Waals surface area contributed by atoms with Gasteiger partial charge < -0.3 is 4.42 Å². The van der Waals surface area contributed by atoms with Crippen molar-refractivity contribution in [3.63, 3.8) is 0 Å². The van der Waals surface area contributed by atoms with E-state index in [-0.39, 0.29) is 0 Å². The minimum atomic E-state index is -0.631. The predicted molar refractivity (Wildman–Crippen MR) is 251 cm³/mol. The van der Waals surface area contributed by atoms with Crippen LogP contribution in [0.1, 0.15) is 22.3 Å². The average molecular weight is 790 g/mol. The van der Waals surface area contributed by atoms with Gasteiger partial charge in [-0.25, -0.2) is 15.0 Å². The van der Waals surface area contributed by atoms with Crippen molar-refractivity contribution >= 4 is 21.9 Å². The zero-order valence-corrected chi connectivity index (χ0v) is 33.5. The van der Waals surface area contributed by atoms with Gasteiger partial charge in [0.2, 0.25) is 0 Å². The van der Waals surface area contributed by atoms with E-state index in [4.69, 9.17) is 19.4 Å². The van der Waals surface area contributed by atoms with Crippen LogP contribution < -0.4 is 0 Å². The van der Waals surface area contributed by atoms with Crippen LogP contribution in [-0.4, -0.2) is 15.0 Å². The molecule has 0 radical (unpaired) electrons. The van der Waals surface area contributed by atoms with Crippen LogP contribution in [0.2, 0.25) is 0 Å². The van der Waals surface area contributed by atoms with E-state index in [1.54, 1.807) is 0 Å². The molecule has 0 saturated carbocycles. The molecule has 62 heavy (non-hydrogen) atoms. The van der Waals surface area contributed by atoms with Crippen LogP contribution in [0.4, 0.5) is 0 Å². The van der Waals surface area contributed by atoms with E-state index >= 15 is 0 Å². The highest BCUT2D eigenvalue weighted by atomic mass is 16.3. The highest BCUT2D eigenvalue weighted by Crippen LogP contribution is 2.61. The Balaban J connectivity index is 1.13. The third kappa shape index (κ3) is 4.92. The molecule has 0 fully saturated rings. The standard InChI is InChI=1S/C58H35N3O/c1-2-17-36(18-3-1)38-19-4-7-25-45(38)56-59-55(60-57(61-56)47-27-16-32-53-54(47)46-26-11-15-31-52(46)62-53)37-33-34-44-40-21-6-5-20-39(40)41-22-8-12-28-48(41)58(51(44)35-37)49-29-13-9-23-42(49)43-24-10-14-30-50(43)58/h1-35H. The van der Waals surface area contributed by atoms with Crippen LogP contribution in [0.15, 0.2) is 217 Å². The molecular formula is C58H35N3O. The Labute approximate surface area is 358 Å². The van der Waals surface area contributed by atoms with Gasteiger partial charge >= 0.3 is 0 Å². The zero-order valence-electron chi connectivity index (χ0n) is 33.5. The molecule has 0 atom stereocenters. The van der Waals surface area contributed by atoms with E-state index in [2.05, 4.69) is 182 Å². The van der Waals surface area contributed by atoms with Gasteiger partial charge in [0.1, 0.15) is 11.2 Å². The molecule has 2 aliphatic carbocycles. The number of benzene rings is 9. The summed E-state index contributed by atoms with van der Waals surface area (Å²) in [6.07, 6.45) is 0. The first kappa shape index (κ1) is 34.6. The van der Waals surface area contributed by atoms with E-state index in [9.17, 15) is 0 Å². The summed E-state index contributed by atoms with van der Waals surface area (Å²) in [5, 5.41) is 2.00. The Bertz CT molecular complexity index is 3560. The summed E-state index contributed by atoms with van der Waals surface area (Å²) in [5.74, 6) is 1.79. The second-order valence-corrected chi connectivity index (χ2v) is 16.2. The van der Waals surface area contributed by atoms with E-state index in [0.717, 1.165) is 49.8 Å². The maximum Gasteiger partial charge on any atom is 0.164 e. The third-order valence-electron chi connectivity index (χ3n) is 13.0. The van der Waals surface area contributed by atoms with Crippen molar-refractivity contribution in [1.29, 1.82) is 0 Å². The first-order chi connectivity index (χ1) is 30.8. The minimum Gasteiger partial charge on any atom is -0.456 e. The quantitative estimate of drug-likeness (QED) is 0.178. The molecule has 0 amide bonds. The van der Waals surface area contributed by atoms with Gasteiger partial charge in [-0.2, -0.15) is 0 Å².